The predicted octanol–water partition coefficient (Wildman–Crippen LogP) is 3.55. The van der Waals surface area contributed by atoms with Crippen LogP contribution in [-0.2, 0) is 12.2 Å². The van der Waals surface area contributed by atoms with Gasteiger partial charge in [-0.25, -0.2) is 0 Å². The number of hydrogen-bond acceptors (Lipinski definition) is 5. The number of aryl methyl sites for hydroxylation is 2. The summed E-state index contributed by atoms with van der Waals surface area (Å²) in [4.78, 5) is 5.68. The largest absolute Gasteiger partial charge is 0.338 e. The monoisotopic (exact) mass is 327 g/mol. The summed E-state index contributed by atoms with van der Waals surface area (Å²) in [6, 6.07) is 6.82. The minimum absolute atomic E-state index is 0. The number of rotatable bonds is 6. The second-order valence-electron chi connectivity index (χ2n) is 5.06. The number of thioether (sulfide) groups is 1. The molecule has 1 aromatic carbocycles. The first-order valence-electron chi connectivity index (χ1n) is 6.77. The van der Waals surface area contributed by atoms with Crippen molar-refractivity contribution in [1.29, 1.82) is 0 Å². The second kappa shape index (κ2) is 8.41. The summed E-state index contributed by atoms with van der Waals surface area (Å²) in [6.07, 6.45) is 0.786. The molecule has 116 valence electrons. The Kier molecular flexibility index (Phi) is 7.22. The van der Waals surface area contributed by atoms with Crippen LogP contribution >= 0.6 is 24.2 Å². The maximum atomic E-state index is 5.29. The van der Waals surface area contributed by atoms with Crippen LogP contribution in [0, 0.1) is 13.8 Å². The van der Waals surface area contributed by atoms with Crippen molar-refractivity contribution >= 4 is 24.2 Å². The second-order valence-corrected chi connectivity index (χ2v) is 6.07. The zero-order chi connectivity index (χ0) is 14.5. The van der Waals surface area contributed by atoms with E-state index in [0.717, 1.165) is 12.2 Å². The van der Waals surface area contributed by atoms with Crippen molar-refractivity contribution in [1.82, 2.24) is 15.5 Å². The minimum Gasteiger partial charge on any atom is -0.338 e. The maximum Gasteiger partial charge on any atom is 0.237 e. The molecule has 0 aliphatic carbocycles. The van der Waals surface area contributed by atoms with Crippen LogP contribution in [0.3, 0.4) is 0 Å². The summed E-state index contributed by atoms with van der Waals surface area (Å²) in [7, 11) is 1.93. The van der Waals surface area contributed by atoms with E-state index in [-0.39, 0.29) is 12.4 Å². The van der Waals surface area contributed by atoms with Gasteiger partial charge in [-0.2, -0.15) is 4.98 Å². The molecule has 0 aliphatic heterocycles. The predicted molar refractivity (Wildman–Crippen MR) is 89.2 cm³/mol. The molecule has 1 unspecified atom stereocenters. The Hall–Kier alpha value is -1.04. The van der Waals surface area contributed by atoms with Gasteiger partial charge in [-0.1, -0.05) is 22.9 Å². The lowest BCUT2D eigenvalue weighted by Gasteiger charge is -2.05. The van der Waals surface area contributed by atoms with Crippen molar-refractivity contribution in [3.63, 3.8) is 0 Å². The standard InChI is InChI=1S/C15H21N3OS.ClH/c1-10-5-6-13(11(2)7-10)20-9-15-17-14(18-19-15)8-12(3)16-4;/h5-7,12,16H,8-9H2,1-4H3;1H. The summed E-state index contributed by atoms with van der Waals surface area (Å²) < 4.78 is 5.29. The third kappa shape index (κ3) is 5.34. The van der Waals surface area contributed by atoms with E-state index in [0.29, 0.717) is 17.7 Å². The zero-order valence-corrected chi connectivity index (χ0v) is 14.5. The van der Waals surface area contributed by atoms with Crippen LogP contribution in [0.4, 0.5) is 0 Å². The van der Waals surface area contributed by atoms with Crippen LogP contribution in [0.1, 0.15) is 29.8 Å². The Labute approximate surface area is 136 Å². The summed E-state index contributed by atoms with van der Waals surface area (Å²) >= 11 is 1.73. The maximum absolute atomic E-state index is 5.29. The molecule has 0 saturated heterocycles. The van der Waals surface area contributed by atoms with Crippen LogP contribution in [0.15, 0.2) is 27.6 Å². The van der Waals surface area contributed by atoms with E-state index in [1.165, 1.54) is 16.0 Å². The van der Waals surface area contributed by atoms with Crippen LogP contribution in [0.2, 0.25) is 0 Å². The van der Waals surface area contributed by atoms with Gasteiger partial charge >= 0.3 is 0 Å². The van der Waals surface area contributed by atoms with Crippen molar-refractivity contribution in [3.8, 4) is 0 Å². The lowest BCUT2D eigenvalue weighted by atomic mass is 10.2. The highest BCUT2D eigenvalue weighted by Crippen LogP contribution is 2.26. The van der Waals surface area contributed by atoms with Gasteiger partial charge in [0.25, 0.3) is 0 Å². The van der Waals surface area contributed by atoms with E-state index in [2.05, 4.69) is 54.4 Å². The van der Waals surface area contributed by atoms with Crippen molar-refractivity contribution in [2.75, 3.05) is 7.05 Å². The van der Waals surface area contributed by atoms with Gasteiger partial charge < -0.3 is 9.84 Å². The van der Waals surface area contributed by atoms with Crippen LogP contribution in [0.25, 0.3) is 0 Å². The van der Waals surface area contributed by atoms with Crippen LogP contribution < -0.4 is 5.32 Å². The van der Waals surface area contributed by atoms with Crippen molar-refractivity contribution in [2.24, 2.45) is 0 Å². The molecule has 0 amide bonds. The van der Waals surface area contributed by atoms with Gasteiger partial charge in [0.15, 0.2) is 5.82 Å². The Balaban J connectivity index is 0.00000220. The normalized spacial score (nSPS) is 12.0. The van der Waals surface area contributed by atoms with Gasteiger partial charge in [-0.15, -0.1) is 24.2 Å². The fourth-order valence-corrected chi connectivity index (χ4v) is 2.76. The third-order valence-electron chi connectivity index (χ3n) is 3.17. The van der Waals surface area contributed by atoms with E-state index in [1.807, 2.05) is 7.05 Å². The van der Waals surface area contributed by atoms with Gasteiger partial charge in [0.2, 0.25) is 5.89 Å². The fourth-order valence-electron chi connectivity index (χ4n) is 1.91. The molecule has 0 spiro atoms. The molecule has 1 N–H and O–H groups in total. The first-order chi connectivity index (χ1) is 9.58. The summed E-state index contributed by atoms with van der Waals surface area (Å²) in [6.45, 7) is 6.33. The van der Waals surface area contributed by atoms with E-state index in [9.17, 15) is 0 Å². The van der Waals surface area contributed by atoms with Gasteiger partial charge in [0.1, 0.15) is 0 Å². The highest BCUT2D eigenvalue weighted by Gasteiger charge is 2.10. The van der Waals surface area contributed by atoms with Crippen molar-refractivity contribution in [2.45, 2.75) is 43.9 Å². The summed E-state index contributed by atoms with van der Waals surface area (Å²) in [5.74, 6) is 2.17. The van der Waals surface area contributed by atoms with E-state index in [4.69, 9.17) is 4.52 Å². The highest BCUT2D eigenvalue weighted by molar-refractivity contribution is 7.98. The number of nitrogens with one attached hydrogen (secondary N) is 1. The van der Waals surface area contributed by atoms with Crippen molar-refractivity contribution < 1.29 is 4.52 Å². The average Bonchev–Trinajstić information content (AvgIpc) is 2.85. The lowest BCUT2D eigenvalue weighted by Crippen LogP contribution is -2.24. The molecule has 0 aliphatic rings. The number of nitrogens with zero attached hydrogens (tertiary/aromatic N) is 2. The first kappa shape index (κ1) is 18.0. The molecule has 1 heterocycles. The van der Waals surface area contributed by atoms with Gasteiger partial charge in [-0.05, 0) is 39.4 Å². The molecule has 4 nitrogen and oxygen atoms in total. The lowest BCUT2D eigenvalue weighted by molar-refractivity contribution is 0.382. The van der Waals surface area contributed by atoms with E-state index < -0.39 is 0 Å². The third-order valence-corrected chi connectivity index (χ3v) is 4.33. The molecule has 0 radical (unpaired) electrons. The van der Waals surface area contributed by atoms with E-state index in [1.54, 1.807) is 11.8 Å². The molecule has 1 aromatic heterocycles. The number of halogens is 1. The molecular formula is C15H22ClN3OS. The quantitative estimate of drug-likeness (QED) is 0.822. The Bertz CT molecular complexity index is 574. The van der Waals surface area contributed by atoms with Crippen molar-refractivity contribution in [3.05, 3.63) is 41.0 Å². The first-order valence-corrected chi connectivity index (χ1v) is 7.76. The van der Waals surface area contributed by atoms with Gasteiger partial charge in [-0.3, -0.25) is 0 Å². The summed E-state index contributed by atoms with van der Waals surface area (Å²) in [5, 5.41) is 7.18. The summed E-state index contributed by atoms with van der Waals surface area (Å²) in [5.41, 5.74) is 2.58. The van der Waals surface area contributed by atoms with Crippen LogP contribution in [-0.4, -0.2) is 23.2 Å². The number of likely N-dealkylation sites (N-methyl/N-ethyl adjacent to an activating group) is 1. The molecular weight excluding hydrogens is 306 g/mol. The number of aromatic nitrogens is 2. The Morgan fingerprint density at radius 2 is 2.10 bits per heavy atom. The molecule has 6 heteroatoms. The molecule has 2 aromatic rings. The average molecular weight is 328 g/mol. The van der Waals surface area contributed by atoms with E-state index >= 15 is 0 Å². The molecule has 0 saturated carbocycles. The van der Waals surface area contributed by atoms with Crippen LogP contribution in [0.5, 0.6) is 0 Å². The molecule has 0 bridgehead atoms. The molecule has 21 heavy (non-hydrogen) atoms. The number of hydrogen-bond donors (Lipinski definition) is 1. The Morgan fingerprint density at radius 3 is 2.76 bits per heavy atom. The SMILES string of the molecule is CNC(C)Cc1noc(CSc2ccc(C)cc2C)n1.Cl. The smallest absolute Gasteiger partial charge is 0.237 e. The topological polar surface area (TPSA) is 51.0 Å². The molecule has 0 fully saturated rings. The zero-order valence-electron chi connectivity index (χ0n) is 12.8. The number of benzene rings is 1. The van der Waals surface area contributed by atoms with Gasteiger partial charge in [0.05, 0.1) is 5.75 Å². The Morgan fingerprint density at radius 1 is 1.33 bits per heavy atom. The van der Waals surface area contributed by atoms with Gasteiger partial charge in [0, 0.05) is 17.4 Å². The fraction of sp³-hybridized carbons (Fsp3) is 0.467. The molecule has 1 atom stereocenters. The molecule has 2 rings (SSSR count). The highest BCUT2D eigenvalue weighted by atomic mass is 35.5. The minimum atomic E-state index is 0.